The normalized spacial score (nSPS) is 26.8. The number of aromatic nitrogens is 1. The molecule has 3 fully saturated rings. The van der Waals surface area contributed by atoms with E-state index in [0.717, 1.165) is 32.4 Å². The second kappa shape index (κ2) is 6.34. The summed E-state index contributed by atoms with van der Waals surface area (Å²) in [6, 6.07) is 3.20. The smallest absolute Gasteiger partial charge is 0.244 e. The van der Waals surface area contributed by atoms with E-state index < -0.39 is 10.0 Å². The first-order chi connectivity index (χ1) is 12.0. The van der Waals surface area contributed by atoms with Gasteiger partial charge < -0.3 is 9.64 Å². The molecular formula is C17H23N3O4S. The van der Waals surface area contributed by atoms with Crippen molar-refractivity contribution in [3.8, 4) is 0 Å². The van der Waals surface area contributed by atoms with Crippen LogP contribution in [0, 0.1) is 5.92 Å². The molecule has 0 saturated carbocycles. The quantitative estimate of drug-likeness (QED) is 0.791. The molecule has 1 aromatic rings. The summed E-state index contributed by atoms with van der Waals surface area (Å²) >= 11 is 0. The number of likely N-dealkylation sites (tertiary alicyclic amines) is 1. The summed E-state index contributed by atoms with van der Waals surface area (Å²) in [6.07, 6.45) is 6.39. The maximum atomic E-state index is 12.6. The zero-order chi connectivity index (χ0) is 17.5. The van der Waals surface area contributed by atoms with Gasteiger partial charge in [-0.3, -0.25) is 9.78 Å². The Kier molecular flexibility index (Phi) is 4.29. The molecule has 4 heterocycles. The van der Waals surface area contributed by atoms with E-state index in [1.165, 1.54) is 10.5 Å². The largest absolute Gasteiger partial charge is 0.372 e. The van der Waals surface area contributed by atoms with Crippen molar-refractivity contribution in [1.82, 2.24) is 14.2 Å². The predicted octanol–water partition coefficient (Wildman–Crippen LogP) is 0.874. The van der Waals surface area contributed by atoms with E-state index in [-0.39, 0.29) is 16.4 Å². The molecule has 0 unspecified atom stereocenters. The monoisotopic (exact) mass is 365 g/mol. The number of sulfonamides is 1. The fraction of sp³-hybridized carbons (Fsp3) is 0.647. The summed E-state index contributed by atoms with van der Waals surface area (Å²) in [5.41, 5.74) is -0.346. The average Bonchev–Trinajstić information content (AvgIpc) is 2.99. The van der Waals surface area contributed by atoms with Crippen molar-refractivity contribution in [3.05, 3.63) is 24.5 Å². The van der Waals surface area contributed by atoms with Crippen molar-refractivity contribution in [2.75, 3.05) is 32.8 Å². The van der Waals surface area contributed by atoms with Crippen LogP contribution < -0.4 is 0 Å². The molecule has 1 aromatic heterocycles. The highest BCUT2D eigenvalue weighted by molar-refractivity contribution is 7.89. The number of carbonyl (C=O) groups excluding carboxylic acids is 1. The van der Waals surface area contributed by atoms with E-state index in [2.05, 4.69) is 4.98 Å². The van der Waals surface area contributed by atoms with Crippen LogP contribution in [0.5, 0.6) is 0 Å². The van der Waals surface area contributed by atoms with Crippen molar-refractivity contribution in [2.45, 2.75) is 36.2 Å². The highest BCUT2D eigenvalue weighted by Gasteiger charge is 2.51. The number of hydrogen-bond donors (Lipinski definition) is 0. The lowest BCUT2D eigenvalue weighted by Gasteiger charge is -2.52. The molecule has 136 valence electrons. The van der Waals surface area contributed by atoms with Gasteiger partial charge in [0.15, 0.2) is 0 Å². The van der Waals surface area contributed by atoms with Gasteiger partial charge in [0, 0.05) is 50.9 Å². The van der Waals surface area contributed by atoms with Crippen LogP contribution in [0.4, 0.5) is 0 Å². The molecule has 0 aliphatic carbocycles. The number of carbonyl (C=O) groups is 1. The van der Waals surface area contributed by atoms with E-state index in [1.54, 1.807) is 18.3 Å². The average molecular weight is 365 g/mol. The SMILES string of the molecule is O=C1CCCN1C[C@@H]1CCC2(CN(S(=O)(=O)c3cccnc3)C2)OC1. The van der Waals surface area contributed by atoms with E-state index in [9.17, 15) is 13.2 Å². The van der Waals surface area contributed by atoms with Crippen LogP contribution in [0.15, 0.2) is 29.4 Å². The molecule has 1 amide bonds. The molecule has 3 saturated heterocycles. The molecule has 7 nitrogen and oxygen atoms in total. The molecule has 4 rings (SSSR count). The lowest BCUT2D eigenvalue weighted by molar-refractivity contribution is -0.160. The molecule has 0 radical (unpaired) electrons. The van der Waals surface area contributed by atoms with Gasteiger partial charge in [-0.05, 0) is 31.4 Å². The van der Waals surface area contributed by atoms with Gasteiger partial charge in [-0.15, -0.1) is 0 Å². The first kappa shape index (κ1) is 16.9. The first-order valence-electron chi connectivity index (χ1n) is 8.80. The maximum Gasteiger partial charge on any atom is 0.244 e. The van der Waals surface area contributed by atoms with Crippen LogP contribution >= 0.6 is 0 Å². The van der Waals surface area contributed by atoms with Gasteiger partial charge in [0.2, 0.25) is 15.9 Å². The standard InChI is InChI=1S/C17H23N3O4S/c21-16-4-2-8-19(16)10-14-5-6-17(24-11-14)12-20(13-17)25(22,23)15-3-1-7-18-9-15/h1,3,7,9,14H,2,4-6,8,10-13H2/t14-/m0/s1. The van der Waals surface area contributed by atoms with Crippen LogP contribution in [0.25, 0.3) is 0 Å². The molecule has 1 spiro atoms. The third-order valence-corrected chi connectivity index (χ3v) is 7.26. The predicted molar refractivity (Wildman–Crippen MR) is 90.2 cm³/mol. The van der Waals surface area contributed by atoms with Gasteiger partial charge in [-0.1, -0.05) is 0 Å². The lowest BCUT2D eigenvalue weighted by Crippen LogP contribution is -2.66. The summed E-state index contributed by atoms with van der Waals surface area (Å²) < 4.78 is 32.6. The molecule has 3 aliphatic rings. The number of nitrogens with zero attached hydrogens (tertiary/aromatic N) is 3. The van der Waals surface area contributed by atoms with E-state index >= 15 is 0 Å². The van der Waals surface area contributed by atoms with Crippen molar-refractivity contribution < 1.29 is 17.9 Å². The Balaban J connectivity index is 1.31. The highest BCUT2D eigenvalue weighted by Crippen LogP contribution is 2.39. The minimum absolute atomic E-state index is 0.228. The Morgan fingerprint density at radius 3 is 2.80 bits per heavy atom. The van der Waals surface area contributed by atoms with Crippen LogP contribution in [0.2, 0.25) is 0 Å². The molecule has 3 aliphatic heterocycles. The molecule has 0 bridgehead atoms. The van der Waals surface area contributed by atoms with E-state index in [1.807, 2.05) is 4.90 Å². The van der Waals surface area contributed by atoms with Crippen LogP contribution in [-0.4, -0.2) is 66.9 Å². The summed E-state index contributed by atoms with van der Waals surface area (Å²) in [6.45, 7) is 3.04. The molecular weight excluding hydrogens is 342 g/mol. The zero-order valence-electron chi connectivity index (χ0n) is 14.1. The fourth-order valence-electron chi connectivity index (χ4n) is 3.93. The molecule has 25 heavy (non-hydrogen) atoms. The summed E-state index contributed by atoms with van der Waals surface area (Å²) in [5.74, 6) is 0.606. The summed E-state index contributed by atoms with van der Waals surface area (Å²) in [7, 11) is -3.48. The minimum Gasteiger partial charge on any atom is -0.372 e. The van der Waals surface area contributed by atoms with Crippen molar-refractivity contribution in [1.29, 1.82) is 0 Å². The van der Waals surface area contributed by atoms with Crippen molar-refractivity contribution >= 4 is 15.9 Å². The first-order valence-corrected chi connectivity index (χ1v) is 10.2. The molecule has 8 heteroatoms. The third kappa shape index (κ3) is 3.18. The van der Waals surface area contributed by atoms with Gasteiger partial charge in [0.05, 0.1) is 12.2 Å². The highest BCUT2D eigenvalue weighted by atomic mass is 32.2. The van der Waals surface area contributed by atoms with Crippen molar-refractivity contribution in [2.24, 2.45) is 5.92 Å². The lowest BCUT2D eigenvalue weighted by atomic mass is 9.84. The Bertz CT molecular complexity index is 736. The van der Waals surface area contributed by atoms with Gasteiger partial charge >= 0.3 is 0 Å². The van der Waals surface area contributed by atoms with Gasteiger partial charge in [0.25, 0.3) is 0 Å². The zero-order valence-corrected chi connectivity index (χ0v) is 15.0. The number of rotatable bonds is 4. The number of amides is 1. The summed E-state index contributed by atoms with van der Waals surface area (Å²) in [4.78, 5) is 17.8. The Morgan fingerprint density at radius 1 is 1.36 bits per heavy atom. The molecule has 0 aromatic carbocycles. The van der Waals surface area contributed by atoms with Gasteiger partial charge in [-0.2, -0.15) is 4.31 Å². The van der Waals surface area contributed by atoms with Gasteiger partial charge in [0.1, 0.15) is 4.90 Å². The Morgan fingerprint density at radius 2 is 2.20 bits per heavy atom. The van der Waals surface area contributed by atoms with Crippen LogP contribution in [0.3, 0.4) is 0 Å². The second-order valence-electron chi connectivity index (χ2n) is 7.30. The van der Waals surface area contributed by atoms with E-state index in [4.69, 9.17) is 4.74 Å². The number of hydrogen-bond acceptors (Lipinski definition) is 5. The maximum absolute atomic E-state index is 12.6. The fourth-order valence-corrected chi connectivity index (χ4v) is 5.49. The van der Waals surface area contributed by atoms with Crippen molar-refractivity contribution in [3.63, 3.8) is 0 Å². The topological polar surface area (TPSA) is 79.8 Å². The number of pyridine rings is 1. The minimum atomic E-state index is -3.48. The summed E-state index contributed by atoms with van der Waals surface area (Å²) in [5, 5.41) is 0. The Hall–Kier alpha value is -1.51. The molecule has 0 N–H and O–H groups in total. The van der Waals surface area contributed by atoms with E-state index in [0.29, 0.717) is 32.0 Å². The second-order valence-corrected chi connectivity index (χ2v) is 9.24. The van der Waals surface area contributed by atoms with Gasteiger partial charge in [-0.25, -0.2) is 8.42 Å². The number of ether oxygens (including phenoxy) is 1. The van der Waals surface area contributed by atoms with Crippen LogP contribution in [-0.2, 0) is 19.6 Å². The van der Waals surface area contributed by atoms with Crippen LogP contribution in [0.1, 0.15) is 25.7 Å². The molecule has 1 atom stereocenters. The third-order valence-electron chi connectivity index (χ3n) is 5.48. The Labute approximate surface area is 148 Å².